The highest BCUT2D eigenvalue weighted by Crippen LogP contribution is 2.18. The molecule has 1 aliphatic rings. The predicted molar refractivity (Wildman–Crippen MR) is 96.6 cm³/mol. The molecule has 1 aromatic carbocycles. The molecule has 1 saturated carbocycles. The number of anilines is 1. The summed E-state index contributed by atoms with van der Waals surface area (Å²) in [6, 6.07) is 8.92. The van der Waals surface area contributed by atoms with Crippen LogP contribution in [-0.2, 0) is 6.54 Å². The summed E-state index contributed by atoms with van der Waals surface area (Å²) in [5.74, 6) is -0.307. The number of aryl methyl sites for hydroxylation is 1. The standard InChI is InChI=1S/C19H24N4O2/c1-2-23-13-12-17(22-23)19(25)21-16-10-8-14(9-11-16)18(24)20-15-6-4-3-5-7-15/h8-13,15H,2-7H2,1H3,(H,20,24)(H,21,25). The van der Waals surface area contributed by atoms with Crippen molar-refractivity contribution in [3.05, 3.63) is 47.8 Å². The molecule has 0 radical (unpaired) electrons. The van der Waals surface area contributed by atoms with Crippen LogP contribution in [0.25, 0.3) is 0 Å². The first-order valence-electron chi connectivity index (χ1n) is 8.91. The highest BCUT2D eigenvalue weighted by atomic mass is 16.2. The summed E-state index contributed by atoms with van der Waals surface area (Å²) in [7, 11) is 0. The molecule has 1 heterocycles. The van der Waals surface area contributed by atoms with Crippen LogP contribution in [0.3, 0.4) is 0 Å². The largest absolute Gasteiger partial charge is 0.349 e. The van der Waals surface area contributed by atoms with Crippen LogP contribution < -0.4 is 10.6 Å². The molecule has 2 amide bonds. The Bertz CT molecular complexity index is 730. The molecule has 6 nitrogen and oxygen atoms in total. The van der Waals surface area contributed by atoms with Crippen LogP contribution in [-0.4, -0.2) is 27.6 Å². The van der Waals surface area contributed by atoms with E-state index in [-0.39, 0.29) is 17.9 Å². The number of carbonyl (C=O) groups is 2. The van der Waals surface area contributed by atoms with Crippen molar-refractivity contribution < 1.29 is 9.59 Å². The molecule has 1 fully saturated rings. The maximum Gasteiger partial charge on any atom is 0.276 e. The van der Waals surface area contributed by atoms with Crippen molar-refractivity contribution >= 4 is 17.5 Å². The maximum atomic E-state index is 12.3. The van der Waals surface area contributed by atoms with E-state index in [4.69, 9.17) is 0 Å². The van der Waals surface area contributed by atoms with Gasteiger partial charge in [0.15, 0.2) is 5.69 Å². The number of rotatable bonds is 5. The molecule has 0 saturated heterocycles. The van der Waals surface area contributed by atoms with Crippen LogP contribution in [0.4, 0.5) is 5.69 Å². The van der Waals surface area contributed by atoms with Gasteiger partial charge in [0.1, 0.15) is 0 Å². The summed E-state index contributed by atoms with van der Waals surface area (Å²) in [4.78, 5) is 24.5. The minimum absolute atomic E-state index is 0.0496. The first-order valence-corrected chi connectivity index (χ1v) is 8.91. The van der Waals surface area contributed by atoms with E-state index in [2.05, 4.69) is 15.7 Å². The number of aromatic nitrogens is 2. The van der Waals surface area contributed by atoms with Gasteiger partial charge in [0.05, 0.1) is 0 Å². The number of benzene rings is 1. The Morgan fingerprint density at radius 3 is 2.44 bits per heavy atom. The zero-order chi connectivity index (χ0) is 17.6. The van der Waals surface area contributed by atoms with Crippen molar-refractivity contribution in [1.82, 2.24) is 15.1 Å². The minimum Gasteiger partial charge on any atom is -0.349 e. The Kier molecular flexibility index (Phi) is 5.48. The third-order valence-corrected chi connectivity index (χ3v) is 4.54. The molecule has 0 spiro atoms. The summed E-state index contributed by atoms with van der Waals surface area (Å²) in [5, 5.41) is 10.1. The molecule has 6 heteroatoms. The highest BCUT2D eigenvalue weighted by Gasteiger charge is 2.16. The molecule has 1 aromatic heterocycles. The average molecular weight is 340 g/mol. The molecule has 0 aliphatic heterocycles. The van der Waals surface area contributed by atoms with Crippen LogP contribution >= 0.6 is 0 Å². The molecule has 1 aliphatic carbocycles. The van der Waals surface area contributed by atoms with Gasteiger partial charge in [-0.1, -0.05) is 19.3 Å². The lowest BCUT2D eigenvalue weighted by Crippen LogP contribution is -2.36. The minimum atomic E-state index is -0.258. The summed E-state index contributed by atoms with van der Waals surface area (Å²) in [5.41, 5.74) is 1.63. The van der Waals surface area contributed by atoms with Crippen LogP contribution in [0.2, 0.25) is 0 Å². The van der Waals surface area contributed by atoms with E-state index in [1.165, 1.54) is 19.3 Å². The Hall–Kier alpha value is -2.63. The zero-order valence-electron chi connectivity index (χ0n) is 14.5. The quantitative estimate of drug-likeness (QED) is 0.877. The van der Waals surface area contributed by atoms with Gasteiger partial charge in [0.2, 0.25) is 0 Å². The number of hydrogen-bond acceptors (Lipinski definition) is 3. The first kappa shape index (κ1) is 17.2. The maximum absolute atomic E-state index is 12.3. The Morgan fingerprint density at radius 2 is 1.80 bits per heavy atom. The summed E-state index contributed by atoms with van der Waals surface area (Å²) < 4.78 is 1.70. The van der Waals surface area contributed by atoms with Crippen molar-refractivity contribution in [2.24, 2.45) is 0 Å². The molecule has 132 valence electrons. The topological polar surface area (TPSA) is 76.0 Å². The van der Waals surface area contributed by atoms with E-state index in [0.29, 0.717) is 16.9 Å². The molecule has 0 atom stereocenters. The van der Waals surface area contributed by atoms with E-state index in [0.717, 1.165) is 19.4 Å². The fourth-order valence-corrected chi connectivity index (χ4v) is 3.07. The fourth-order valence-electron chi connectivity index (χ4n) is 3.07. The number of amides is 2. The fraction of sp³-hybridized carbons (Fsp3) is 0.421. The molecule has 0 unspecified atom stereocenters. The zero-order valence-corrected chi connectivity index (χ0v) is 14.5. The monoisotopic (exact) mass is 340 g/mol. The summed E-state index contributed by atoms with van der Waals surface area (Å²) in [6.07, 6.45) is 7.52. The normalized spacial score (nSPS) is 14.9. The van der Waals surface area contributed by atoms with E-state index in [9.17, 15) is 9.59 Å². The second-order valence-corrected chi connectivity index (χ2v) is 6.40. The second kappa shape index (κ2) is 7.96. The molecule has 2 N–H and O–H groups in total. The third-order valence-electron chi connectivity index (χ3n) is 4.54. The van der Waals surface area contributed by atoms with E-state index in [1.54, 1.807) is 41.2 Å². The van der Waals surface area contributed by atoms with Crippen molar-refractivity contribution in [2.45, 2.75) is 51.6 Å². The van der Waals surface area contributed by atoms with Crippen molar-refractivity contribution in [3.63, 3.8) is 0 Å². The molecule has 2 aromatic rings. The van der Waals surface area contributed by atoms with E-state index < -0.39 is 0 Å². The lowest BCUT2D eigenvalue weighted by Gasteiger charge is -2.22. The summed E-state index contributed by atoms with van der Waals surface area (Å²) >= 11 is 0. The molecule has 0 bridgehead atoms. The number of nitrogens with zero attached hydrogens (tertiary/aromatic N) is 2. The third kappa shape index (κ3) is 4.47. The van der Waals surface area contributed by atoms with Gasteiger partial charge in [-0.2, -0.15) is 5.10 Å². The van der Waals surface area contributed by atoms with Gasteiger partial charge >= 0.3 is 0 Å². The molecular weight excluding hydrogens is 316 g/mol. The van der Waals surface area contributed by atoms with Crippen molar-refractivity contribution in [1.29, 1.82) is 0 Å². The molecule has 3 rings (SSSR count). The summed E-state index contributed by atoms with van der Waals surface area (Å²) in [6.45, 7) is 2.68. The van der Waals surface area contributed by atoms with Crippen LogP contribution in [0.1, 0.15) is 59.9 Å². The van der Waals surface area contributed by atoms with Crippen molar-refractivity contribution in [3.8, 4) is 0 Å². The smallest absolute Gasteiger partial charge is 0.276 e. The van der Waals surface area contributed by atoms with E-state index >= 15 is 0 Å². The van der Waals surface area contributed by atoms with Crippen LogP contribution in [0, 0.1) is 0 Å². The van der Waals surface area contributed by atoms with Gasteiger partial charge in [-0.25, -0.2) is 0 Å². The van der Waals surface area contributed by atoms with Gasteiger partial charge in [0, 0.05) is 30.0 Å². The molecular formula is C19H24N4O2. The first-order chi connectivity index (χ1) is 12.2. The van der Waals surface area contributed by atoms with Gasteiger partial charge in [-0.15, -0.1) is 0 Å². The second-order valence-electron chi connectivity index (χ2n) is 6.40. The van der Waals surface area contributed by atoms with Crippen molar-refractivity contribution in [2.75, 3.05) is 5.32 Å². The number of carbonyl (C=O) groups excluding carboxylic acids is 2. The van der Waals surface area contributed by atoms with Crippen LogP contribution in [0.5, 0.6) is 0 Å². The van der Waals surface area contributed by atoms with Gasteiger partial charge in [0.25, 0.3) is 11.8 Å². The van der Waals surface area contributed by atoms with Gasteiger partial charge in [-0.05, 0) is 50.1 Å². The Labute approximate surface area is 147 Å². The van der Waals surface area contributed by atoms with Gasteiger partial charge in [-0.3, -0.25) is 14.3 Å². The van der Waals surface area contributed by atoms with E-state index in [1.807, 2.05) is 6.92 Å². The average Bonchev–Trinajstić information content (AvgIpc) is 3.12. The SMILES string of the molecule is CCn1ccc(C(=O)Nc2ccc(C(=O)NC3CCCCC3)cc2)n1. The molecule has 25 heavy (non-hydrogen) atoms. The predicted octanol–water partition coefficient (Wildman–Crippen LogP) is 3.22. The van der Waals surface area contributed by atoms with Gasteiger partial charge < -0.3 is 10.6 Å². The number of hydrogen-bond donors (Lipinski definition) is 2. The van der Waals surface area contributed by atoms with Crippen LogP contribution in [0.15, 0.2) is 36.5 Å². The number of nitrogens with one attached hydrogen (secondary N) is 2. The highest BCUT2D eigenvalue weighted by molar-refractivity contribution is 6.03. The lowest BCUT2D eigenvalue weighted by molar-refractivity contribution is 0.0927. The Morgan fingerprint density at radius 1 is 1.08 bits per heavy atom. The lowest BCUT2D eigenvalue weighted by atomic mass is 9.95. The Balaban J connectivity index is 1.57.